The number of anilines is 1. The third-order valence-corrected chi connectivity index (χ3v) is 7.87. The summed E-state index contributed by atoms with van der Waals surface area (Å²) in [7, 11) is -4.25. The van der Waals surface area contributed by atoms with E-state index in [0.717, 1.165) is 11.1 Å². The molecule has 6 nitrogen and oxygen atoms in total. The summed E-state index contributed by atoms with van der Waals surface area (Å²) >= 11 is 0. The summed E-state index contributed by atoms with van der Waals surface area (Å²) in [5.74, 6) is -2.11. The average molecular weight is 474 g/mol. The first-order chi connectivity index (χ1) is 16.3. The number of ether oxygens (including phenoxy) is 1. The van der Waals surface area contributed by atoms with Crippen molar-refractivity contribution >= 4 is 21.5 Å². The van der Waals surface area contributed by atoms with Gasteiger partial charge < -0.3 is 10.5 Å². The zero-order valence-corrected chi connectivity index (χ0v) is 19.0. The van der Waals surface area contributed by atoms with E-state index in [-0.39, 0.29) is 34.2 Å². The highest BCUT2D eigenvalue weighted by atomic mass is 32.2. The van der Waals surface area contributed by atoms with E-state index in [0.29, 0.717) is 11.3 Å². The van der Waals surface area contributed by atoms with Gasteiger partial charge in [0.1, 0.15) is 22.4 Å². The molecule has 8 heteroatoms. The Kier molecular flexibility index (Phi) is 5.14. The molecule has 3 aromatic rings. The van der Waals surface area contributed by atoms with Crippen molar-refractivity contribution in [3.05, 3.63) is 117 Å². The Morgan fingerprint density at radius 1 is 1.09 bits per heavy atom. The molecule has 0 aliphatic carbocycles. The van der Waals surface area contributed by atoms with E-state index in [1.54, 1.807) is 30.3 Å². The molecule has 2 heterocycles. The van der Waals surface area contributed by atoms with Gasteiger partial charge in [-0.25, -0.2) is 12.8 Å². The fraction of sp³-hybridized carbons (Fsp3) is 0.115. The van der Waals surface area contributed by atoms with Crippen LogP contribution in [0.3, 0.4) is 0 Å². The third kappa shape index (κ3) is 3.33. The van der Waals surface area contributed by atoms with E-state index in [1.165, 1.54) is 22.5 Å². The lowest BCUT2D eigenvalue weighted by Crippen LogP contribution is -2.39. The molecule has 5 rings (SSSR count). The Morgan fingerprint density at radius 3 is 2.56 bits per heavy atom. The van der Waals surface area contributed by atoms with Crippen molar-refractivity contribution in [1.82, 2.24) is 0 Å². The second-order valence-corrected chi connectivity index (χ2v) is 9.99. The number of nitrogens with two attached hydrogens (primary N) is 1. The molecule has 1 atom stereocenters. The second kappa shape index (κ2) is 8.04. The number of halogens is 1. The van der Waals surface area contributed by atoms with Gasteiger partial charge in [0, 0.05) is 11.1 Å². The predicted octanol–water partition coefficient (Wildman–Crippen LogP) is 4.66. The molecule has 0 saturated carbocycles. The molecule has 2 aliphatic rings. The fourth-order valence-corrected chi connectivity index (χ4v) is 6.38. The number of para-hydroxylation sites is 1. The van der Waals surface area contributed by atoms with E-state index >= 15 is 0 Å². The van der Waals surface area contributed by atoms with Gasteiger partial charge >= 0.3 is 0 Å². The number of hydrogen-bond acceptors (Lipinski definition) is 5. The Hall–Kier alpha value is -4.09. The summed E-state index contributed by atoms with van der Waals surface area (Å²) in [6.07, 6.45) is 0. The summed E-state index contributed by atoms with van der Waals surface area (Å²) in [5.41, 5.74) is 8.66. The molecule has 0 unspecified atom stereocenters. The molecule has 3 aromatic carbocycles. The summed E-state index contributed by atoms with van der Waals surface area (Å²) in [5, 5.41) is 9.85. The van der Waals surface area contributed by atoms with Crippen LogP contribution in [0.4, 0.5) is 10.1 Å². The molecule has 0 bridgehead atoms. The minimum absolute atomic E-state index is 0.0147. The fourth-order valence-electron chi connectivity index (χ4n) is 4.48. The van der Waals surface area contributed by atoms with Crippen molar-refractivity contribution in [3.8, 4) is 6.07 Å². The first kappa shape index (κ1) is 21.7. The van der Waals surface area contributed by atoms with E-state index in [1.807, 2.05) is 37.3 Å². The van der Waals surface area contributed by atoms with Crippen molar-refractivity contribution in [2.24, 2.45) is 5.73 Å². The number of nitriles is 1. The first-order valence-corrected chi connectivity index (χ1v) is 12.0. The lowest BCUT2D eigenvalue weighted by atomic mass is 9.88. The minimum Gasteiger partial charge on any atom is -0.439 e. The normalized spacial score (nSPS) is 18.6. The number of rotatable bonds is 3. The molecule has 2 N–H and O–H groups in total. The molecule has 34 heavy (non-hydrogen) atoms. The Morgan fingerprint density at radius 2 is 1.82 bits per heavy atom. The van der Waals surface area contributed by atoms with E-state index in [9.17, 15) is 18.1 Å². The zero-order chi connectivity index (χ0) is 24.0. The Labute approximate surface area is 197 Å². The maximum Gasteiger partial charge on any atom is 0.265 e. The molecule has 170 valence electrons. The topological polar surface area (TPSA) is 96.4 Å². The van der Waals surface area contributed by atoms with Gasteiger partial charge in [-0.1, -0.05) is 60.2 Å². The van der Waals surface area contributed by atoms with Crippen molar-refractivity contribution in [3.63, 3.8) is 0 Å². The first-order valence-electron chi connectivity index (χ1n) is 10.6. The van der Waals surface area contributed by atoms with Gasteiger partial charge in [-0.15, -0.1) is 0 Å². The van der Waals surface area contributed by atoms with Crippen molar-refractivity contribution in [2.45, 2.75) is 19.4 Å². The highest BCUT2D eigenvalue weighted by Crippen LogP contribution is 2.51. The maximum absolute atomic E-state index is 15.0. The van der Waals surface area contributed by atoms with Gasteiger partial charge in [-0.2, -0.15) is 5.26 Å². The SMILES string of the molecule is Cc1cccc(CN2c3ccccc3C3=C([C@H](c4ccccc4F)C(C#N)=C(N)O3)S2(=O)=O)c1. The van der Waals surface area contributed by atoms with Crippen LogP contribution >= 0.6 is 0 Å². The smallest absolute Gasteiger partial charge is 0.265 e. The number of allylic oxidation sites excluding steroid dienone is 2. The molecule has 0 aromatic heterocycles. The van der Waals surface area contributed by atoms with Gasteiger partial charge in [-0.3, -0.25) is 4.31 Å². The number of aryl methyl sites for hydroxylation is 1. The van der Waals surface area contributed by atoms with E-state index in [4.69, 9.17) is 10.5 Å². The average Bonchev–Trinajstić information content (AvgIpc) is 2.81. The quantitative estimate of drug-likeness (QED) is 0.597. The second-order valence-electron chi connectivity index (χ2n) is 8.16. The zero-order valence-electron chi connectivity index (χ0n) is 18.2. The summed E-state index contributed by atoms with van der Waals surface area (Å²) in [4.78, 5) is -0.199. The molecule has 2 aliphatic heterocycles. The Balaban J connectivity index is 1.78. The number of sulfonamides is 1. The Bertz CT molecular complexity index is 1540. The van der Waals surface area contributed by atoms with Crippen LogP contribution in [0, 0.1) is 24.1 Å². The van der Waals surface area contributed by atoms with Crippen LogP contribution in [0.25, 0.3) is 5.76 Å². The molecule has 0 spiro atoms. The molecule has 0 radical (unpaired) electrons. The van der Waals surface area contributed by atoms with Gasteiger partial charge in [0.05, 0.1) is 18.2 Å². The lowest BCUT2D eigenvalue weighted by molar-refractivity contribution is 0.357. The largest absolute Gasteiger partial charge is 0.439 e. The summed E-state index contributed by atoms with van der Waals surface area (Å²) in [6.45, 7) is 1.99. The van der Waals surface area contributed by atoms with Crippen LogP contribution < -0.4 is 10.0 Å². The van der Waals surface area contributed by atoms with Crippen LogP contribution in [0.1, 0.15) is 28.2 Å². The van der Waals surface area contributed by atoms with Crippen LogP contribution in [-0.4, -0.2) is 8.42 Å². The molecule has 0 fully saturated rings. The van der Waals surface area contributed by atoms with Crippen LogP contribution in [0.2, 0.25) is 0 Å². The number of nitrogens with zero attached hydrogens (tertiary/aromatic N) is 2. The predicted molar refractivity (Wildman–Crippen MR) is 127 cm³/mol. The van der Waals surface area contributed by atoms with Crippen molar-refractivity contribution < 1.29 is 17.5 Å². The molecule has 0 saturated heterocycles. The molecular formula is C26H20FN3O3S. The van der Waals surface area contributed by atoms with Crippen LogP contribution in [0.5, 0.6) is 0 Å². The van der Waals surface area contributed by atoms with Gasteiger partial charge in [0.25, 0.3) is 10.0 Å². The van der Waals surface area contributed by atoms with Crippen molar-refractivity contribution in [1.29, 1.82) is 5.26 Å². The molecule has 0 amide bonds. The summed E-state index contributed by atoms with van der Waals surface area (Å²) < 4.78 is 50.3. The standard InChI is InChI=1S/C26H20FN3O3S/c1-16-7-6-8-17(13-16)15-30-22-12-5-3-10-19(22)24-25(34(30,31)32)23(20(14-28)26(29)33-24)18-9-2-4-11-21(18)27/h2-13,23H,15,29H2,1H3/t23-/m1/s1. The lowest BCUT2D eigenvalue weighted by Gasteiger charge is -2.38. The van der Waals surface area contributed by atoms with Gasteiger partial charge in [-0.05, 0) is 30.7 Å². The monoisotopic (exact) mass is 473 g/mol. The van der Waals surface area contributed by atoms with Gasteiger partial charge in [0.2, 0.25) is 5.88 Å². The maximum atomic E-state index is 15.0. The summed E-state index contributed by atoms with van der Waals surface area (Å²) in [6, 6.07) is 22.2. The minimum atomic E-state index is -4.25. The van der Waals surface area contributed by atoms with Crippen LogP contribution in [-0.2, 0) is 21.3 Å². The van der Waals surface area contributed by atoms with Crippen molar-refractivity contribution in [2.75, 3.05) is 4.31 Å². The number of benzene rings is 3. The highest BCUT2D eigenvalue weighted by molar-refractivity contribution is 7.96. The number of fused-ring (bicyclic) bond motifs is 2. The van der Waals surface area contributed by atoms with Crippen LogP contribution in [0.15, 0.2) is 89.2 Å². The van der Waals surface area contributed by atoms with Gasteiger partial charge in [0.15, 0.2) is 5.76 Å². The van der Waals surface area contributed by atoms with E-state index < -0.39 is 21.8 Å². The third-order valence-electron chi connectivity index (χ3n) is 5.98. The highest BCUT2D eigenvalue weighted by Gasteiger charge is 2.47. The van der Waals surface area contributed by atoms with E-state index in [2.05, 4.69) is 0 Å². The number of hydrogen-bond donors (Lipinski definition) is 1. The molecular weight excluding hydrogens is 453 g/mol.